The lowest BCUT2D eigenvalue weighted by Crippen LogP contribution is -2.18. The van der Waals surface area contributed by atoms with Crippen LogP contribution in [0.15, 0.2) is 53.4 Å². The van der Waals surface area contributed by atoms with Crippen molar-refractivity contribution >= 4 is 21.7 Å². The maximum absolute atomic E-state index is 13.5. The van der Waals surface area contributed by atoms with Gasteiger partial charge in [0, 0.05) is 0 Å². The third kappa shape index (κ3) is 5.93. The van der Waals surface area contributed by atoms with E-state index in [1.54, 1.807) is 12.1 Å². The molecule has 3 rings (SSSR count). The second kappa shape index (κ2) is 11.1. The molecule has 0 atom stereocenters. The highest BCUT2D eigenvalue weighted by atomic mass is 32.2. The summed E-state index contributed by atoms with van der Waals surface area (Å²) in [7, 11) is -3.75. The number of rotatable bonds is 10. The van der Waals surface area contributed by atoms with Gasteiger partial charge in [0.05, 0.1) is 16.1 Å². The molecule has 5 nitrogen and oxygen atoms in total. The maximum Gasteiger partial charge on any atom is 0.335 e. The van der Waals surface area contributed by atoms with Gasteiger partial charge in [-0.05, 0) is 111 Å². The van der Waals surface area contributed by atoms with Crippen molar-refractivity contribution in [2.75, 3.05) is 4.72 Å². The number of carboxylic acid groups (broad SMARTS) is 1. The van der Waals surface area contributed by atoms with Gasteiger partial charge in [0.2, 0.25) is 0 Å². The Morgan fingerprint density at radius 1 is 0.714 bits per heavy atom. The van der Waals surface area contributed by atoms with Gasteiger partial charge in [0.15, 0.2) is 0 Å². The zero-order valence-corrected chi connectivity index (χ0v) is 22.1. The lowest BCUT2D eigenvalue weighted by atomic mass is 9.95. The van der Waals surface area contributed by atoms with Crippen molar-refractivity contribution in [2.45, 2.75) is 71.6 Å². The quantitative estimate of drug-likeness (QED) is 0.309. The normalized spacial score (nSPS) is 11.5. The number of sulfonamides is 1. The van der Waals surface area contributed by atoms with Crippen LogP contribution in [0.2, 0.25) is 0 Å². The van der Waals surface area contributed by atoms with Gasteiger partial charge in [0.25, 0.3) is 10.0 Å². The Labute approximate surface area is 209 Å². The van der Waals surface area contributed by atoms with Gasteiger partial charge in [-0.1, -0.05) is 42.8 Å². The molecule has 3 aromatic carbocycles. The van der Waals surface area contributed by atoms with Gasteiger partial charge in [-0.15, -0.1) is 0 Å². The third-order valence-electron chi connectivity index (χ3n) is 7.10. The minimum atomic E-state index is -3.75. The Morgan fingerprint density at radius 3 is 1.80 bits per heavy atom. The number of nitrogens with one attached hydrogen (secondary N) is 1. The van der Waals surface area contributed by atoms with Crippen LogP contribution in [-0.2, 0) is 22.9 Å². The van der Waals surface area contributed by atoms with Crippen LogP contribution in [0.1, 0.15) is 68.6 Å². The van der Waals surface area contributed by atoms with Gasteiger partial charge >= 0.3 is 5.97 Å². The summed E-state index contributed by atoms with van der Waals surface area (Å²) in [5.41, 5.74) is 7.50. The Morgan fingerprint density at radius 2 is 1.20 bits per heavy atom. The first-order valence-corrected chi connectivity index (χ1v) is 13.5. The lowest BCUT2D eigenvalue weighted by molar-refractivity contribution is 0.0695. The van der Waals surface area contributed by atoms with Crippen molar-refractivity contribution in [1.29, 1.82) is 0 Å². The number of carboxylic acids is 1. The molecule has 35 heavy (non-hydrogen) atoms. The summed E-state index contributed by atoms with van der Waals surface area (Å²) in [6.45, 7) is 9.72. The molecule has 0 aromatic heterocycles. The van der Waals surface area contributed by atoms with Crippen LogP contribution >= 0.6 is 0 Å². The van der Waals surface area contributed by atoms with Crippen LogP contribution in [0.4, 0.5) is 5.69 Å². The number of aryl methyl sites for hydroxylation is 2. The van der Waals surface area contributed by atoms with Gasteiger partial charge in [-0.25, -0.2) is 13.2 Å². The van der Waals surface area contributed by atoms with Gasteiger partial charge in [-0.3, -0.25) is 4.72 Å². The van der Waals surface area contributed by atoms with Crippen molar-refractivity contribution in [3.05, 3.63) is 93.0 Å². The summed E-state index contributed by atoms with van der Waals surface area (Å²) < 4.78 is 29.8. The number of carbonyl (C=O) groups is 1. The minimum Gasteiger partial charge on any atom is -0.478 e. The SMILES string of the molecule is Cc1c(C)c(C)c(S(=O)(=O)Nc2ccccc2CCCCCc2ccccc2C(=O)O)c(C)c1C. The molecular formula is C29H35NO4S. The lowest BCUT2D eigenvalue weighted by Gasteiger charge is -2.20. The highest BCUT2D eigenvalue weighted by Crippen LogP contribution is 2.31. The summed E-state index contributed by atoms with van der Waals surface area (Å²) in [5.74, 6) is -0.897. The molecule has 0 radical (unpaired) electrons. The van der Waals surface area contributed by atoms with Crippen LogP contribution in [0.3, 0.4) is 0 Å². The van der Waals surface area contributed by atoms with Crippen molar-refractivity contribution < 1.29 is 18.3 Å². The molecule has 0 unspecified atom stereocenters. The monoisotopic (exact) mass is 493 g/mol. The van der Waals surface area contributed by atoms with Crippen LogP contribution in [0, 0.1) is 34.6 Å². The second-order valence-corrected chi connectivity index (χ2v) is 10.9. The van der Waals surface area contributed by atoms with Crippen molar-refractivity contribution in [3.63, 3.8) is 0 Å². The van der Waals surface area contributed by atoms with E-state index in [9.17, 15) is 18.3 Å². The molecule has 0 spiro atoms. The van der Waals surface area contributed by atoms with E-state index < -0.39 is 16.0 Å². The zero-order valence-electron chi connectivity index (χ0n) is 21.2. The molecule has 0 fully saturated rings. The van der Waals surface area contributed by atoms with Crippen LogP contribution in [0.25, 0.3) is 0 Å². The van der Waals surface area contributed by atoms with Crippen molar-refractivity contribution in [1.82, 2.24) is 0 Å². The average Bonchev–Trinajstić information content (AvgIpc) is 2.82. The Kier molecular flexibility index (Phi) is 8.39. The fourth-order valence-electron chi connectivity index (χ4n) is 4.66. The standard InChI is InChI=1S/C29H35NO4S/c1-19-20(2)22(4)28(23(5)21(19)3)35(33,34)30-27-18-12-10-16-25(27)15-8-6-7-13-24-14-9-11-17-26(24)29(31)32/h9-12,14,16-18,30H,6-8,13,15H2,1-5H3,(H,31,32). The topological polar surface area (TPSA) is 83.5 Å². The largest absolute Gasteiger partial charge is 0.478 e. The molecule has 0 saturated carbocycles. The first-order chi connectivity index (χ1) is 16.5. The number of hydrogen-bond donors (Lipinski definition) is 2. The Bertz CT molecular complexity index is 1310. The van der Waals surface area contributed by atoms with E-state index in [0.717, 1.165) is 64.6 Å². The van der Waals surface area contributed by atoms with E-state index in [0.29, 0.717) is 22.6 Å². The number of benzene rings is 3. The second-order valence-electron chi connectivity index (χ2n) is 9.24. The summed E-state index contributed by atoms with van der Waals surface area (Å²) >= 11 is 0. The molecule has 0 heterocycles. The molecule has 186 valence electrons. The Balaban J connectivity index is 1.70. The molecular weight excluding hydrogens is 458 g/mol. The number of unbranched alkanes of at least 4 members (excludes halogenated alkanes) is 2. The van der Waals surface area contributed by atoms with Crippen molar-refractivity contribution in [3.8, 4) is 0 Å². The molecule has 0 aliphatic carbocycles. The predicted molar refractivity (Wildman–Crippen MR) is 142 cm³/mol. The molecule has 0 amide bonds. The molecule has 0 aliphatic heterocycles. The zero-order chi connectivity index (χ0) is 25.8. The van der Waals surface area contributed by atoms with Gasteiger partial charge in [-0.2, -0.15) is 0 Å². The number of para-hydroxylation sites is 1. The van der Waals surface area contributed by atoms with E-state index >= 15 is 0 Å². The highest BCUT2D eigenvalue weighted by Gasteiger charge is 2.24. The summed E-state index contributed by atoms with van der Waals surface area (Å²) in [5, 5.41) is 9.34. The molecule has 6 heteroatoms. The molecule has 0 saturated heterocycles. The molecule has 2 N–H and O–H groups in total. The summed E-state index contributed by atoms with van der Waals surface area (Å²) in [6, 6.07) is 14.7. The predicted octanol–water partition coefficient (Wildman–Crippen LogP) is 6.68. The van der Waals surface area contributed by atoms with E-state index in [2.05, 4.69) is 4.72 Å². The van der Waals surface area contributed by atoms with E-state index in [1.165, 1.54) is 0 Å². The van der Waals surface area contributed by atoms with Crippen LogP contribution in [-0.4, -0.2) is 19.5 Å². The Hall–Kier alpha value is -3.12. The first kappa shape index (κ1) is 26.5. The van der Waals surface area contributed by atoms with Gasteiger partial charge < -0.3 is 5.11 Å². The fourth-order valence-corrected chi connectivity index (χ4v) is 6.36. The third-order valence-corrected chi connectivity index (χ3v) is 8.74. The number of hydrogen-bond acceptors (Lipinski definition) is 3. The van der Waals surface area contributed by atoms with Crippen LogP contribution in [0.5, 0.6) is 0 Å². The van der Waals surface area contributed by atoms with Crippen molar-refractivity contribution in [2.24, 2.45) is 0 Å². The smallest absolute Gasteiger partial charge is 0.335 e. The maximum atomic E-state index is 13.5. The fraction of sp³-hybridized carbons (Fsp3) is 0.345. The number of anilines is 1. The molecule has 0 aliphatic rings. The van der Waals surface area contributed by atoms with E-state index in [4.69, 9.17) is 0 Å². The highest BCUT2D eigenvalue weighted by molar-refractivity contribution is 7.92. The van der Waals surface area contributed by atoms with E-state index in [1.807, 2.05) is 71.0 Å². The first-order valence-electron chi connectivity index (χ1n) is 12.0. The van der Waals surface area contributed by atoms with Crippen LogP contribution < -0.4 is 4.72 Å². The summed E-state index contributed by atoms with van der Waals surface area (Å²) in [6.07, 6.45) is 4.13. The molecule has 3 aromatic rings. The minimum absolute atomic E-state index is 0.361. The van der Waals surface area contributed by atoms with E-state index in [-0.39, 0.29) is 0 Å². The molecule has 0 bridgehead atoms. The number of aromatic carboxylic acids is 1. The summed E-state index contributed by atoms with van der Waals surface area (Å²) in [4.78, 5) is 11.8. The average molecular weight is 494 g/mol. The van der Waals surface area contributed by atoms with Gasteiger partial charge in [0.1, 0.15) is 0 Å².